The van der Waals surface area contributed by atoms with E-state index in [-0.39, 0.29) is 11.5 Å². The second kappa shape index (κ2) is 7.35. The van der Waals surface area contributed by atoms with Crippen molar-refractivity contribution in [1.82, 2.24) is 14.5 Å². The zero-order valence-electron chi connectivity index (χ0n) is 17.4. The summed E-state index contributed by atoms with van der Waals surface area (Å²) in [5, 5.41) is 0. The Kier molecular flexibility index (Phi) is 4.86. The van der Waals surface area contributed by atoms with E-state index in [9.17, 15) is 9.59 Å². The van der Waals surface area contributed by atoms with Gasteiger partial charge in [0.25, 0.3) is 11.5 Å². The van der Waals surface area contributed by atoms with Gasteiger partial charge in [0.2, 0.25) is 0 Å². The van der Waals surface area contributed by atoms with Gasteiger partial charge in [-0.3, -0.25) is 9.59 Å². The van der Waals surface area contributed by atoms with Gasteiger partial charge in [-0.15, -0.1) is 0 Å². The third-order valence-electron chi connectivity index (χ3n) is 5.76. The molecule has 6 nitrogen and oxygen atoms in total. The van der Waals surface area contributed by atoms with E-state index < -0.39 is 0 Å². The molecule has 2 aromatic carbocycles. The van der Waals surface area contributed by atoms with Crippen LogP contribution < -0.4 is 10.5 Å². The maximum atomic E-state index is 13.1. The van der Waals surface area contributed by atoms with Gasteiger partial charge < -0.3 is 14.4 Å². The Morgan fingerprint density at radius 1 is 0.966 bits per heavy atom. The molecule has 0 saturated carbocycles. The van der Waals surface area contributed by atoms with Gasteiger partial charge in [0.05, 0.1) is 11.0 Å². The number of amides is 1. The number of carbonyl (C=O) groups is 1. The van der Waals surface area contributed by atoms with E-state index in [1.54, 1.807) is 30.7 Å². The summed E-state index contributed by atoms with van der Waals surface area (Å²) in [6.45, 7) is 8.93. The van der Waals surface area contributed by atoms with E-state index in [0.717, 1.165) is 18.6 Å². The van der Waals surface area contributed by atoms with Gasteiger partial charge in [-0.1, -0.05) is 12.1 Å². The van der Waals surface area contributed by atoms with Gasteiger partial charge in [-0.25, -0.2) is 4.98 Å². The number of nitrogens with zero attached hydrogens (tertiary/aromatic N) is 4. The average molecular weight is 390 g/mol. The van der Waals surface area contributed by atoms with Crippen molar-refractivity contribution in [2.75, 3.05) is 31.1 Å². The van der Waals surface area contributed by atoms with Crippen LogP contribution in [0.25, 0.3) is 11.0 Å². The second-order valence-electron chi connectivity index (χ2n) is 7.83. The first-order valence-electron chi connectivity index (χ1n) is 9.94. The summed E-state index contributed by atoms with van der Waals surface area (Å²) in [6.07, 6.45) is 0. The first kappa shape index (κ1) is 19.2. The number of hydrogen-bond donors (Lipinski definition) is 0. The minimum absolute atomic E-state index is 0.0146. The van der Waals surface area contributed by atoms with Crippen LogP contribution in [0.5, 0.6) is 0 Å². The summed E-state index contributed by atoms with van der Waals surface area (Å²) in [5.74, 6) is 0.0146. The number of aromatic nitrogens is 2. The Labute approximate surface area is 170 Å². The van der Waals surface area contributed by atoms with Gasteiger partial charge in [0, 0.05) is 44.5 Å². The maximum Gasteiger partial charge on any atom is 0.272 e. The number of fused-ring (bicyclic) bond motifs is 1. The Hall–Kier alpha value is -3.15. The zero-order valence-corrected chi connectivity index (χ0v) is 17.4. The summed E-state index contributed by atoms with van der Waals surface area (Å²) in [5.41, 5.74) is 6.10. The highest BCUT2D eigenvalue weighted by molar-refractivity contribution is 5.97. The van der Waals surface area contributed by atoms with Crippen molar-refractivity contribution in [3.8, 4) is 0 Å². The lowest BCUT2D eigenvalue weighted by atomic mass is 10.1. The van der Waals surface area contributed by atoms with Crippen LogP contribution in [-0.2, 0) is 7.05 Å². The first-order chi connectivity index (χ1) is 13.8. The molecular formula is C23H26N4O2. The number of piperazine rings is 1. The van der Waals surface area contributed by atoms with E-state index in [2.05, 4.69) is 41.9 Å². The number of aryl methyl sites for hydroxylation is 4. The second-order valence-corrected chi connectivity index (χ2v) is 7.83. The third-order valence-corrected chi connectivity index (χ3v) is 5.76. The number of rotatable bonds is 2. The highest BCUT2D eigenvalue weighted by Crippen LogP contribution is 2.23. The summed E-state index contributed by atoms with van der Waals surface area (Å²) >= 11 is 0. The molecule has 6 heteroatoms. The molecule has 0 bridgehead atoms. The van der Waals surface area contributed by atoms with Crippen molar-refractivity contribution in [3.05, 3.63) is 69.1 Å². The largest absolute Gasteiger partial charge is 0.368 e. The summed E-state index contributed by atoms with van der Waals surface area (Å²) in [6, 6.07) is 11.9. The van der Waals surface area contributed by atoms with Crippen molar-refractivity contribution >= 4 is 22.6 Å². The molecule has 0 atom stereocenters. The lowest BCUT2D eigenvalue weighted by Gasteiger charge is -2.37. The fourth-order valence-electron chi connectivity index (χ4n) is 4.00. The predicted molar refractivity (Wildman–Crippen MR) is 116 cm³/mol. The molecule has 1 aliphatic rings. The summed E-state index contributed by atoms with van der Waals surface area (Å²) in [4.78, 5) is 33.8. The van der Waals surface area contributed by atoms with Crippen molar-refractivity contribution in [2.24, 2.45) is 7.05 Å². The van der Waals surface area contributed by atoms with Gasteiger partial charge in [-0.05, 0) is 56.2 Å². The molecule has 0 aliphatic carbocycles. The van der Waals surface area contributed by atoms with E-state index in [1.165, 1.54) is 16.8 Å². The van der Waals surface area contributed by atoms with Crippen LogP contribution in [-0.4, -0.2) is 46.5 Å². The van der Waals surface area contributed by atoms with Crippen LogP contribution in [0.3, 0.4) is 0 Å². The molecular weight excluding hydrogens is 364 g/mol. The number of anilines is 1. The normalized spacial score (nSPS) is 14.5. The molecule has 4 rings (SSSR count). The van der Waals surface area contributed by atoms with Gasteiger partial charge in [-0.2, -0.15) is 0 Å². The molecule has 29 heavy (non-hydrogen) atoms. The first-order valence-corrected chi connectivity index (χ1v) is 9.94. The molecule has 0 unspecified atom stereocenters. The fourth-order valence-corrected chi connectivity index (χ4v) is 4.00. The molecule has 0 radical (unpaired) electrons. The molecule has 0 spiro atoms. The lowest BCUT2D eigenvalue weighted by molar-refractivity contribution is 0.0747. The zero-order chi connectivity index (χ0) is 20.7. The molecule has 1 saturated heterocycles. The number of hydrogen-bond acceptors (Lipinski definition) is 4. The minimum atomic E-state index is -0.112. The maximum absolute atomic E-state index is 13.1. The van der Waals surface area contributed by atoms with E-state index in [1.807, 2.05) is 11.0 Å². The Morgan fingerprint density at radius 2 is 1.69 bits per heavy atom. The van der Waals surface area contributed by atoms with Gasteiger partial charge in [0.1, 0.15) is 5.69 Å². The molecule has 0 N–H and O–H groups in total. The molecule has 2 heterocycles. The van der Waals surface area contributed by atoms with Crippen molar-refractivity contribution in [2.45, 2.75) is 20.8 Å². The molecule has 1 aliphatic heterocycles. The van der Waals surface area contributed by atoms with Crippen LogP contribution in [0.2, 0.25) is 0 Å². The van der Waals surface area contributed by atoms with E-state index >= 15 is 0 Å². The smallest absolute Gasteiger partial charge is 0.272 e. The minimum Gasteiger partial charge on any atom is -0.368 e. The van der Waals surface area contributed by atoms with Crippen LogP contribution in [0.1, 0.15) is 27.2 Å². The quantitative estimate of drug-likeness (QED) is 0.675. The van der Waals surface area contributed by atoms with Crippen LogP contribution in [0, 0.1) is 20.8 Å². The van der Waals surface area contributed by atoms with Gasteiger partial charge in [0.15, 0.2) is 0 Å². The highest BCUT2D eigenvalue weighted by Gasteiger charge is 2.23. The van der Waals surface area contributed by atoms with Crippen LogP contribution in [0.4, 0.5) is 5.69 Å². The third kappa shape index (κ3) is 3.50. The van der Waals surface area contributed by atoms with Crippen LogP contribution in [0.15, 0.2) is 41.2 Å². The Morgan fingerprint density at radius 3 is 2.41 bits per heavy atom. The van der Waals surface area contributed by atoms with Crippen molar-refractivity contribution < 1.29 is 4.79 Å². The number of carbonyl (C=O) groups excluding carboxylic acids is 1. The lowest BCUT2D eigenvalue weighted by Crippen LogP contribution is -2.49. The molecule has 3 aromatic rings. The Balaban J connectivity index is 1.53. The number of benzene rings is 2. The Bertz CT molecular complexity index is 1160. The standard InChI is InChI=1S/C23H26N4O2/c1-15-5-6-16(2)21(13-15)26-9-11-27(12-10-26)23(29)18-7-8-20-19(14-18)24-17(3)22(28)25(20)4/h5-8,13-14H,9-12H2,1-4H3. The topological polar surface area (TPSA) is 58.4 Å². The summed E-state index contributed by atoms with van der Waals surface area (Å²) < 4.78 is 1.58. The molecule has 1 aromatic heterocycles. The molecule has 150 valence electrons. The molecule has 1 amide bonds. The van der Waals surface area contributed by atoms with Crippen molar-refractivity contribution in [1.29, 1.82) is 0 Å². The average Bonchev–Trinajstić information content (AvgIpc) is 2.73. The van der Waals surface area contributed by atoms with E-state index in [0.29, 0.717) is 29.9 Å². The fraction of sp³-hybridized carbons (Fsp3) is 0.348. The predicted octanol–water partition coefficient (Wildman–Crippen LogP) is 2.82. The van der Waals surface area contributed by atoms with Crippen molar-refractivity contribution in [3.63, 3.8) is 0 Å². The summed E-state index contributed by atoms with van der Waals surface area (Å²) in [7, 11) is 1.73. The molecule has 1 fully saturated rings. The SMILES string of the molecule is Cc1ccc(C)c(N2CCN(C(=O)c3ccc4c(c3)nc(C)c(=O)n4C)CC2)c1. The highest BCUT2D eigenvalue weighted by atomic mass is 16.2. The van der Waals surface area contributed by atoms with Crippen LogP contribution >= 0.6 is 0 Å². The van der Waals surface area contributed by atoms with Gasteiger partial charge >= 0.3 is 0 Å². The monoisotopic (exact) mass is 390 g/mol. The van der Waals surface area contributed by atoms with E-state index in [4.69, 9.17) is 0 Å².